The first-order valence-electron chi connectivity index (χ1n) is 9.88. The van der Waals surface area contributed by atoms with Crippen molar-refractivity contribution in [3.8, 4) is 21.6 Å². The summed E-state index contributed by atoms with van der Waals surface area (Å²) in [5.41, 5.74) is 4.39. The Kier molecular flexibility index (Phi) is 5.31. The highest BCUT2D eigenvalue weighted by atomic mass is 32.2. The van der Waals surface area contributed by atoms with Gasteiger partial charge in [-0.3, -0.25) is 9.78 Å². The first kappa shape index (κ1) is 21.4. The maximum Gasteiger partial charge on any atom is 0.169 e. The molecule has 4 rings (SSSR count). The third kappa shape index (κ3) is 3.93. The Morgan fingerprint density at radius 1 is 0.968 bits per heavy atom. The van der Waals surface area contributed by atoms with Gasteiger partial charge in [-0.1, -0.05) is 24.3 Å². The van der Waals surface area contributed by atoms with Crippen LogP contribution in [-0.2, 0) is 14.6 Å². The summed E-state index contributed by atoms with van der Waals surface area (Å²) in [5, 5.41) is 0.895. The fourth-order valence-electron chi connectivity index (χ4n) is 3.50. The lowest BCUT2D eigenvalue weighted by molar-refractivity contribution is 0.102. The van der Waals surface area contributed by atoms with E-state index in [0.29, 0.717) is 0 Å². The van der Waals surface area contributed by atoms with Gasteiger partial charge in [-0.2, -0.15) is 0 Å². The van der Waals surface area contributed by atoms with Gasteiger partial charge in [0.15, 0.2) is 15.6 Å². The number of thiophene rings is 1. The van der Waals surface area contributed by atoms with Crippen LogP contribution in [0.15, 0.2) is 66.9 Å². The fraction of sp³-hybridized carbons (Fsp3) is 0.200. The van der Waals surface area contributed by atoms with E-state index in [1.807, 2.05) is 54.6 Å². The van der Waals surface area contributed by atoms with Crippen molar-refractivity contribution >= 4 is 37.9 Å². The lowest BCUT2D eigenvalue weighted by Gasteiger charge is -2.24. The zero-order valence-electron chi connectivity index (χ0n) is 17.8. The van der Waals surface area contributed by atoms with Gasteiger partial charge in [0, 0.05) is 28.3 Å². The Balaban J connectivity index is 1.92. The van der Waals surface area contributed by atoms with Crippen molar-refractivity contribution in [2.75, 3.05) is 6.26 Å². The van der Waals surface area contributed by atoms with Crippen molar-refractivity contribution in [2.24, 2.45) is 0 Å². The van der Waals surface area contributed by atoms with Crippen molar-refractivity contribution in [3.63, 3.8) is 0 Å². The summed E-state index contributed by atoms with van der Waals surface area (Å²) >= 11 is 1.47. The summed E-state index contributed by atoms with van der Waals surface area (Å²) in [6, 6.07) is 19.5. The average Bonchev–Trinajstić information content (AvgIpc) is 3.23. The van der Waals surface area contributed by atoms with E-state index < -0.39 is 14.6 Å². The van der Waals surface area contributed by atoms with Crippen molar-refractivity contribution in [1.29, 1.82) is 0 Å². The van der Waals surface area contributed by atoms with Crippen LogP contribution in [0.3, 0.4) is 0 Å². The number of sulfone groups is 1. The van der Waals surface area contributed by atoms with Gasteiger partial charge >= 0.3 is 0 Å². The van der Waals surface area contributed by atoms with Crippen LogP contribution in [0.2, 0.25) is 0 Å². The van der Waals surface area contributed by atoms with E-state index in [9.17, 15) is 13.2 Å². The summed E-state index contributed by atoms with van der Waals surface area (Å²) in [7, 11) is -3.33. The number of hydrogen-bond acceptors (Lipinski definition) is 5. The highest BCUT2D eigenvalue weighted by Gasteiger charge is 2.33. The van der Waals surface area contributed by atoms with E-state index >= 15 is 0 Å². The molecular weight excluding hydrogens is 426 g/mol. The topological polar surface area (TPSA) is 64.1 Å². The maximum absolute atomic E-state index is 12.5. The van der Waals surface area contributed by atoms with Gasteiger partial charge in [-0.15, -0.1) is 11.3 Å². The predicted octanol–water partition coefficient (Wildman–Crippen LogP) is 6.11. The number of ketones is 1. The number of benzene rings is 2. The fourth-order valence-corrected chi connectivity index (χ4v) is 4.94. The number of carbonyl (C=O) groups is 1. The van der Waals surface area contributed by atoms with Gasteiger partial charge in [0.1, 0.15) is 0 Å². The van der Waals surface area contributed by atoms with E-state index in [-0.39, 0.29) is 5.78 Å². The molecular formula is C25H23NO3S2. The SMILES string of the molecule is CC(=O)c1ccc(-c2cccc(-c3cc(C(C)(C)S(C)(=O)=O)cc4cccnc34)c2)s1. The van der Waals surface area contributed by atoms with Crippen LogP contribution in [0.1, 0.15) is 36.0 Å². The molecule has 0 unspecified atom stereocenters. The minimum Gasteiger partial charge on any atom is -0.294 e. The molecule has 0 saturated carbocycles. The molecule has 6 heteroatoms. The number of rotatable bonds is 5. The standard InChI is InChI=1S/C25H23NO3S2/c1-16(27)22-10-11-23(30-22)18-8-5-7-17(13-18)21-15-20(25(2,3)31(4,28)29)14-19-9-6-12-26-24(19)21/h5-15H,1-4H3. The van der Waals surface area contributed by atoms with Crippen LogP contribution < -0.4 is 0 Å². The van der Waals surface area contributed by atoms with Crippen LogP contribution in [0.5, 0.6) is 0 Å². The highest BCUT2D eigenvalue weighted by molar-refractivity contribution is 7.91. The van der Waals surface area contributed by atoms with Crippen LogP contribution in [0.25, 0.3) is 32.5 Å². The molecule has 0 fully saturated rings. The van der Waals surface area contributed by atoms with E-state index in [1.54, 1.807) is 27.0 Å². The van der Waals surface area contributed by atoms with Gasteiger partial charge in [-0.25, -0.2) is 8.42 Å². The van der Waals surface area contributed by atoms with Crippen LogP contribution in [0.4, 0.5) is 0 Å². The lowest BCUT2D eigenvalue weighted by Crippen LogP contribution is -2.28. The van der Waals surface area contributed by atoms with Gasteiger partial charge in [0.2, 0.25) is 0 Å². The summed E-state index contributed by atoms with van der Waals surface area (Å²) in [6.07, 6.45) is 3.01. The predicted molar refractivity (Wildman–Crippen MR) is 128 cm³/mol. The molecule has 0 aliphatic rings. The zero-order valence-corrected chi connectivity index (χ0v) is 19.5. The number of fused-ring (bicyclic) bond motifs is 1. The molecule has 0 saturated heterocycles. The smallest absolute Gasteiger partial charge is 0.169 e. The summed E-state index contributed by atoms with van der Waals surface area (Å²) in [6.45, 7) is 5.03. The Bertz CT molecular complexity index is 1420. The van der Waals surface area contributed by atoms with E-state index in [1.165, 1.54) is 17.6 Å². The quantitative estimate of drug-likeness (QED) is 0.345. The molecule has 0 aliphatic carbocycles. The second-order valence-electron chi connectivity index (χ2n) is 8.18. The Morgan fingerprint density at radius 3 is 2.39 bits per heavy atom. The second kappa shape index (κ2) is 7.70. The minimum atomic E-state index is -3.33. The molecule has 0 radical (unpaired) electrons. The Hall–Kier alpha value is -2.83. The largest absolute Gasteiger partial charge is 0.294 e. The monoisotopic (exact) mass is 449 g/mol. The molecule has 2 heterocycles. The Labute approximate surface area is 186 Å². The van der Waals surface area contributed by atoms with E-state index in [2.05, 4.69) is 11.1 Å². The number of carbonyl (C=O) groups excluding carboxylic acids is 1. The molecule has 0 aliphatic heterocycles. The van der Waals surface area contributed by atoms with Gasteiger partial charge < -0.3 is 0 Å². The van der Waals surface area contributed by atoms with Crippen molar-refractivity contribution in [1.82, 2.24) is 4.98 Å². The number of Topliss-reactive ketones (excluding diaryl/α,β-unsaturated/α-hetero) is 1. The molecule has 31 heavy (non-hydrogen) atoms. The van der Waals surface area contributed by atoms with E-state index in [0.717, 1.165) is 42.9 Å². The first-order chi connectivity index (χ1) is 14.6. The van der Waals surface area contributed by atoms with Crippen molar-refractivity contribution < 1.29 is 13.2 Å². The van der Waals surface area contributed by atoms with Crippen LogP contribution in [-0.4, -0.2) is 25.4 Å². The van der Waals surface area contributed by atoms with Gasteiger partial charge in [0.05, 0.1) is 15.1 Å². The summed E-state index contributed by atoms with van der Waals surface area (Å²) in [4.78, 5) is 18.0. The molecule has 0 amide bonds. The third-order valence-corrected chi connectivity index (χ3v) is 9.06. The van der Waals surface area contributed by atoms with Crippen LogP contribution in [0, 0.1) is 0 Å². The van der Waals surface area contributed by atoms with Crippen molar-refractivity contribution in [3.05, 3.63) is 77.3 Å². The lowest BCUT2D eigenvalue weighted by atomic mass is 9.93. The second-order valence-corrected chi connectivity index (χ2v) is 11.8. The molecule has 0 N–H and O–H groups in total. The molecule has 0 atom stereocenters. The molecule has 158 valence electrons. The summed E-state index contributed by atoms with van der Waals surface area (Å²) in [5.74, 6) is 0.0540. The molecule has 0 bridgehead atoms. The first-order valence-corrected chi connectivity index (χ1v) is 12.6. The van der Waals surface area contributed by atoms with Crippen molar-refractivity contribution in [2.45, 2.75) is 25.5 Å². The normalized spacial score (nSPS) is 12.3. The number of nitrogens with zero attached hydrogens (tertiary/aromatic N) is 1. The molecule has 4 nitrogen and oxygen atoms in total. The third-order valence-electron chi connectivity index (χ3n) is 5.74. The average molecular weight is 450 g/mol. The van der Waals surface area contributed by atoms with Crippen LogP contribution >= 0.6 is 11.3 Å². The maximum atomic E-state index is 12.5. The van der Waals surface area contributed by atoms with Gasteiger partial charge in [-0.05, 0) is 73.9 Å². The summed E-state index contributed by atoms with van der Waals surface area (Å²) < 4.78 is 23.9. The van der Waals surface area contributed by atoms with Gasteiger partial charge in [0.25, 0.3) is 0 Å². The number of hydrogen-bond donors (Lipinski definition) is 0. The molecule has 2 aromatic heterocycles. The minimum absolute atomic E-state index is 0.0540. The number of aromatic nitrogens is 1. The molecule has 2 aromatic carbocycles. The highest BCUT2D eigenvalue weighted by Crippen LogP contribution is 2.38. The zero-order chi connectivity index (χ0) is 22.4. The van der Waals surface area contributed by atoms with E-state index in [4.69, 9.17) is 0 Å². The number of pyridine rings is 1. The molecule has 4 aromatic rings. The Morgan fingerprint density at radius 2 is 1.71 bits per heavy atom. The molecule has 0 spiro atoms.